The van der Waals surface area contributed by atoms with Gasteiger partial charge in [-0.3, -0.25) is 14.4 Å². The lowest BCUT2D eigenvalue weighted by Crippen LogP contribution is -2.50. The highest BCUT2D eigenvalue weighted by atomic mass is 16.5. The maximum Gasteiger partial charge on any atom is 0.250 e. The summed E-state index contributed by atoms with van der Waals surface area (Å²) in [6, 6.07) is 12.8. The molecule has 4 heterocycles. The summed E-state index contributed by atoms with van der Waals surface area (Å²) in [5.74, 6) is 0.919. The van der Waals surface area contributed by atoms with Crippen LogP contribution in [0.25, 0.3) is 0 Å². The molecule has 2 bridgehead atoms. The van der Waals surface area contributed by atoms with Crippen LogP contribution in [0.15, 0.2) is 47.3 Å². The molecule has 2 amide bonds. The Morgan fingerprint density at radius 3 is 2.57 bits per heavy atom. The molecule has 1 aromatic carbocycles. The summed E-state index contributed by atoms with van der Waals surface area (Å²) in [5, 5.41) is 0. The second kappa shape index (κ2) is 7.31. The Balaban J connectivity index is 1.31. The number of benzene rings is 1. The lowest BCUT2D eigenvalue weighted by atomic mass is 9.82. The van der Waals surface area contributed by atoms with Crippen molar-refractivity contribution in [1.29, 1.82) is 0 Å². The van der Waals surface area contributed by atoms with Crippen molar-refractivity contribution in [3.8, 4) is 5.75 Å². The number of anilines is 1. The number of aromatic nitrogens is 1. The van der Waals surface area contributed by atoms with Gasteiger partial charge in [0.25, 0.3) is 5.56 Å². The van der Waals surface area contributed by atoms with Gasteiger partial charge in [0.15, 0.2) is 0 Å². The molecule has 2 saturated heterocycles. The Labute approximate surface area is 174 Å². The summed E-state index contributed by atoms with van der Waals surface area (Å²) in [5.41, 5.74) is 1.86. The van der Waals surface area contributed by atoms with Crippen molar-refractivity contribution in [2.24, 2.45) is 11.8 Å². The Morgan fingerprint density at radius 2 is 1.80 bits per heavy atom. The van der Waals surface area contributed by atoms with Crippen LogP contribution in [0.3, 0.4) is 0 Å². The molecule has 30 heavy (non-hydrogen) atoms. The van der Waals surface area contributed by atoms with Gasteiger partial charge >= 0.3 is 0 Å². The van der Waals surface area contributed by atoms with Gasteiger partial charge < -0.3 is 19.1 Å². The third-order valence-electron chi connectivity index (χ3n) is 6.65. The molecule has 3 aliphatic rings. The van der Waals surface area contributed by atoms with Gasteiger partial charge in [-0.2, -0.15) is 0 Å². The van der Waals surface area contributed by atoms with Crippen molar-refractivity contribution in [3.63, 3.8) is 0 Å². The third-order valence-corrected chi connectivity index (χ3v) is 6.65. The SMILES string of the molecule is COc1ccc(N2CC(C(=O)N3C[C@@H]4C[C@H](C3)c3cccc(=O)n3C4)CC2=O)cc1. The highest BCUT2D eigenvalue weighted by molar-refractivity contribution is 6.00. The first kappa shape index (κ1) is 18.9. The zero-order valence-electron chi connectivity index (χ0n) is 17.0. The average molecular weight is 407 g/mol. The number of carbonyl (C=O) groups excluding carboxylic acids is 2. The number of carbonyl (C=O) groups is 2. The molecular weight excluding hydrogens is 382 g/mol. The van der Waals surface area contributed by atoms with Crippen LogP contribution in [0.2, 0.25) is 0 Å². The molecule has 0 radical (unpaired) electrons. The van der Waals surface area contributed by atoms with E-state index in [1.165, 1.54) is 0 Å². The Morgan fingerprint density at radius 1 is 1.00 bits per heavy atom. The number of piperidine rings is 1. The fraction of sp³-hybridized carbons (Fsp3) is 0.435. The average Bonchev–Trinajstić information content (AvgIpc) is 3.15. The van der Waals surface area contributed by atoms with Crippen molar-refractivity contribution < 1.29 is 14.3 Å². The summed E-state index contributed by atoms with van der Waals surface area (Å²) in [4.78, 5) is 41.7. The van der Waals surface area contributed by atoms with E-state index in [1.807, 2.05) is 39.8 Å². The number of hydrogen-bond acceptors (Lipinski definition) is 4. The molecule has 156 valence electrons. The van der Waals surface area contributed by atoms with E-state index in [2.05, 4.69) is 0 Å². The van der Waals surface area contributed by atoms with Crippen LogP contribution in [-0.4, -0.2) is 48.0 Å². The molecule has 0 spiro atoms. The van der Waals surface area contributed by atoms with E-state index in [9.17, 15) is 14.4 Å². The van der Waals surface area contributed by atoms with Crippen molar-refractivity contribution >= 4 is 17.5 Å². The molecule has 2 aromatic rings. The zero-order chi connectivity index (χ0) is 20.8. The molecule has 2 fully saturated rings. The molecule has 3 aliphatic heterocycles. The molecule has 1 unspecified atom stereocenters. The lowest BCUT2D eigenvalue weighted by molar-refractivity contribution is -0.138. The van der Waals surface area contributed by atoms with E-state index in [1.54, 1.807) is 24.1 Å². The first-order valence-electron chi connectivity index (χ1n) is 10.5. The normalized spacial score (nSPS) is 25.2. The number of hydrogen-bond donors (Lipinski definition) is 0. The van der Waals surface area contributed by atoms with E-state index >= 15 is 0 Å². The molecule has 0 N–H and O–H groups in total. The van der Waals surface area contributed by atoms with Crippen LogP contribution in [-0.2, 0) is 16.1 Å². The lowest BCUT2D eigenvalue weighted by Gasteiger charge is -2.43. The second-order valence-electron chi connectivity index (χ2n) is 8.54. The minimum Gasteiger partial charge on any atom is -0.497 e. The number of amides is 2. The Kier molecular flexibility index (Phi) is 4.60. The predicted molar refractivity (Wildman–Crippen MR) is 112 cm³/mol. The van der Waals surface area contributed by atoms with Crippen LogP contribution in [0.5, 0.6) is 5.75 Å². The first-order valence-corrected chi connectivity index (χ1v) is 10.5. The van der Waals surface area contributed by atoms with Gasteiger partial charge in [-0.1, -0.05) is 6.07 Å². The molecule has 7 heteroatoms. The Hall–Kier alpha value is -3.09. The number of ether oxygens (including phenoxy) is 1. The molecule has 3 atom stereocenters. The van der Waals surface area contributed by atoms with Gasteiger partial charge in [-0.05, 0) is 42.7 Å². The van der Waals surface area contributed by atoms with Crippen LogP contribution < -0.4 is 15.2 Å². The molecule has 7 nitrogen and oxygen atoms in total. The van der Waals surface area contributed by atoms with Gasteiger partial charge in [0.2, 0.25) is 11.8 Å². The number of methoxy groups -OCH3 is 1. The van der Waals surface area contributed by atoms with Gasteiger partial charge in [0, 0.05) is 56.0 Å². The Bertz CT molecular complexity index is 1050. The molecule has 0 saturated carbocycles. The van der Waals surface area contributed by atoms with Crippen LogP contribution in [0, 0.1) is 11.8 Å². The number of nitrogens with zero attached hydrogens (tertiary/aromatic N) is 3. The molecule has 1 aromatic heterocycles. The fourth-order valence-electron chi connectivity index (χ4n) is 5.22. The number of likely N-dealkylation sites (tertiary alicyclic amines) is 1. The van der Waals surface area contributed by atoms with Crippen LogP contribution in [0.4, 0.5) is 5.69 Å². The summed E-state index contributed by atoms with van der Waals surface area (Å²) in [6.45, 7) is 2.35. The summed E-state index contributed by atoms with van der Waals surface area (Å²) in [6.07, 6.45) is 1.25. The van der Waals surface area contributed by atoms with E-state index in [-0.39, 0.29) is 41.5 Å². The third kappa shape index (κ3) is 3.18. The predicted octanol–water partition coefficient (Wildman–Crippen LogP) is 1.86. The van der Waals surface area contributed by atoms with Crippen molar-refractivity contribution in [2.75, 3.05) is 31.6 Å². The van der Waals surface area contributed by atoms with Crippen LogP contribution >= 0.6 is 0 Å². The van der Waals surface area contributed by atoms with E-state index in [0.717, 1.165) is 23.6 Å². The van der Waals surface area contributed by atoms with Crippen LogP contribution in [0.1, 0.15) is 24.5 Å². The van der Waals surface area contributed by atoms with Gasteiger partial charge in [0.1, 0.15) is 5.75 Å². The maximum atomic E-state index is 13.3. The summed E-state index contributed by atoms with van der Waals surface area (Å²) < 4.78 is 7.05. The number of rotatable bonds is 3. The van der Waals surface area contributed by atoms with Crippen molar-refractivity contribution in [1.82, 2.24) is 9.47 Å². The van der Waals surface area contributed by atoms with Gasteiger partial charge in [-0.15, -0.1) is 0 Å². The van der Waals surface area contributed by atoms with Crippen molar-refractivity contribution in [3.05, 3.63) is 58.5 Å². The highest BCUT2D eigenvalue weighted by Crippen LogP contribution is 2.36. The topological polar surface area (TPSA) is 71.8 Å². The van der Waals surface area contributed by atoms with Crippen molar-refractivity contribution in [2.45, 2.75) is 25.3 Å². The second-order valence-corrected chi connectivity index (χ2v) is 8.54. The highest BCUT2D eigenvalue weighted by Gasteiger charge is 2.41. The quantitative estimate of drug-likeness (QED) is 0.779. The molecule has 5 rings (SSSR count). The van der Waals surface area contributed by atoms with E-state index in [0.29, 0.717) is 26.2 Å². The standard InChI is InChI=1S/C23H25N3O4/c1-30-19-7-5-18(6-8-19)25-14-17(10-22(25)28)23(29)24-11-15-9-16(13-24)20-3-2-4-21(27)26(20)12-15/h2-8,15-17H,9-14H2,1H3/t15-,16+,17?/m0/s1. The molecular formula is C23H25N3O4. The number of pyridine rings is 1. The minimum absolute atomic E-state index is 0.0207. The maximum absolute atomic E-state index is 13.3. The van der Waals surface area contributed by atoms with Gasteiger partial charge in [0.05, 0.1) is 13.0 Å². The van der Waals surface area contributed by atoms with Gasteiger partial charge in [-0.25, -0.2) is 0 Å². The summed E-state index contributed by atoms with van der Waals surface area (Å²) >= 11 is 0. The minimum atomic E-state index is -0.323. The molecule has 0 aliphatic carbocycles. The number of fused-ring (bicyclic) bond motifs is 4. The van der Waals surface area contributed by atoms with E-state index in [4.69, 9.17) is 4.74 Å². The summed E-state index contributed by atoms with van der Waals surface area (Å²) in [7, 11) is 1.60. The largest absolute Gasteiger partial charge is 0.497 e. The first-order chi connectivity index (χ1) is 14.5. The van der Waals surface area contributed by atoms with E-state index < -0.39 is 0 Å². The smallest absolute Gasteiger partial charge is 0.250 e. The fourth-order valence-corrected chi connectivity index (χ4v) is 5.22. The monoisotopic (exact) mass is 407 g/mol. The zero-order valence-corrected chi connectivity index (χ0v) is 17.0.